The van der Waals surface area contributed by atoms with Gasteiger partial charge in [-0.2, -0.15) is 5.26 Å². The van der Waals surface area contributed by atoms with E-state index in [9.17, 15) is 5.26 Å². The molecule has 20 heavy (non-hydrogen) atoms. The Hall–Kier alpha value is -2.38. The molecule has 3 rings (SSSR count). The van der Waals surface area contributed by atoms with Gasteiger partial charge in [0.1, 0.15) is 6.04 Å². The van der Waals surface area contributed by atoms with Crippen LogP contribution < -0.4 is 14.8 Å². The van der Waals surface area contributed by atoms with Crippen LogP contribution in [0.5, 0.6) is 11.5 Å². The maximum absolute atomic E-state index is 9.35. The first-order valence-electron chi connectivity index (χ1n) is 6.08. The van der Waals surface area contributed by atoms with Crippen LogP contribution in [0.2, 0.25) is 5.02 Å². The average Bonchev–Trinajstić information content (AvgIpc) is 2.95. The number of rotatable bonds is 3. The van der Waals surface area contributed by atoms with Crippen LogP contribution >= 0.6 is 11.6 Å². The van der Waals surface area contributed by atoms with E-state index in [1.54, 1.807) is 12.1 Å². The predicted molar refractivity (Wildman–Crippen MR) is 76.0 cm³/mol. The largest absolute Gasteiger partial charge is 0.454 e. The minimum atomic E-state index is -0.510. The summed E-state index contributed by atoms with van der Waals surface area (Å²) in [6, 6.07) is 14.7. The highest BCUT2D eigenvalue weighted by Gasteiger charge is 2.21. The molecule has 0 spiro atoms. The quantitative estimate of drug-likeness (QED) is 0.934. The second kappa shape index (κ2) is 5.32. The number of anilines is 1. The van der Waals surface area contributed by atoms with Crippen LogP contribution in [0.25, 0.3) is 0 Å². The molecule has 100 valence electrons. The summed E-state index contributed by atoms with van der Waals surface area (Å²) in [6.45, 7) is 0.155. The molecule has 2 aromatic rings. The van der Waals surface area contributed by atoms with Crippen molar-refractivity contribution in [2.24, 2.45) is 0 Å². The minimum Gasteiger partial charge on any atom is -0.454 e. The second-order valence-electron chi connectivity index (χ2n) is 4.31. The molecular weight excluding hydrogens is 276 g/mol. The predicted octanol–water partition coefficient (Wildman–Crippen LogP) is 3.75. The molecule has 0 amide bonds. The van der Waals surface area contributed by atoms with Crippen LogP contribution in [-0.2, 0) is 0 Å². The van der Waals surface area contributed by atoms with Gasteiger partial charge in [-0.15, -0.1) is 0 Å². The van der Waals surface area contributed by atoms with E-state index in [1.807, 2.05) is 30.3 Å². The van der Waals surface area contributed by atoms with Gasteiger partial charge in [0.25, 0.3) is 0 Å². The Bertz CT molecular complexity index is 668. The van der Waals surface area contributed by atoms with Crippen molar-refractivity contribution in [3.05, 3.63) is 53.1 Å². The lowest BCUT2D eigenvalue weighted by Crippen LogP contribution is -2.08. The van der Waals surface area contributed by atoms with Crippen LogP contribution in [0.15, 0.2) is 42.5 Å². The van der Waals surface area contributed by atoms with E-state index in [-0.39, 0.29) is 6.79 Å². The third kappa shape index (κ3) is 2.36. The molecule has 1 unspecified atom stereocenters. The Balaban J connectivity index is 1.91. The summed E-state index contributed by atoms with van der Waals surface area (Å²) in [7, 11) is 0. The fourth-order valence-electron chi connectivity index (χ4n) is 2.05. The number of halogens is 1. The third-order valence-electron chi connectivity index (χ3n) is 3.00. The van der Waals surface area contributed by atoms with E-state index in [0.29, 0.717) is 16.5 Å². The average molecular weight is 287 g/mol. The van der Waals surface area contributed by atoms with Crippen LogP contribution in [0.4, 0.5) is 5.69 Å². The monoisotopic (exact) mass is 286 g/mol. The van der Waals surface area contributed by atoms with E-state index < -0.39 is 6.04 Å². The molecule has 1 aliphatic heterocycles. The zero-order valence-corrected chi connectivity index (χ0v) is 11.2. The third-order valence-corrected chi connectivity index (χ3v) is 3.28. The van der Waals surface area contributed by atoms with Gasteiger partial charge in [-0.3, -0.25) is 0 Å². The van der Waals surface area contributed by atoms with Crippen molar-refractivity contribution in [3.63, 3.8) is 0 Å². The summed E-state index contributed by atoms with van der Waals surface area (Å²) in [5.41, 5.74) is 1.61. The lowest BCUT2D eigenvalue weighted by atomic mass is 10.1. The van der Waals surface area contributed by atoms with Crippen LogP contribution in [0.1, 0.15) is 11.6 Å². The van der Waals surface area contributed by atoms with Gasteiger partial charge in [-0.1, -0.05) is 29.8 Å². The Kier molecular flexibility index (Phi) is 3.36. The number of para-hydroxylation sites is 1. The molecule has 0 aliphatic carbocycles. The summed E-state index contributed by atoms with van der Waals surface area (Å²) in [6.07, 6.45) is 0. The van der Waals surface area contributed by atoms with Crippen molar-refractivity contribution in [2.75, 3.05) is 12.1 Å². The molecule has 2 aromatic carbocycles. The first kappa shape index (κ1) is 12.6. The SMILES string of the molecule is N#CC(Nc1ccccc1)c1cc(Cl)c2c(c1)OCO2. The Morgan fingerprint density at radius 1 is 1.20 bits per heavy atom. The van der Waals surface area contributed by atoms with Crippen molar-refractivity contribution < 1.29 is 9.47 Å². The number of nitriles is 1. The number of benzene rings is 2. The number of fused-ring (bicyclic) bond motifs is 1. The van der Waals surface area contributed by atoms with E-state index in [1.165, 1.54) is 0 Å². The van der Waals surface area contributed by atoms with Crippen molar-refractivity contribution in [3.8, 4) is 17.6 Å². The normalized spacial score (nSPS) is 13.6. The highest BCUT2D eigenvalue weighted by molar-refractivity contribution is 6.32. The van der Waals surface area contributed by atoms with Crippen molar-refractivity contribution in [2.45, 2.75) is 6.04 Å². The fraction of sp³-hybridized carbons (Fsp3) is 0.133. The maximum Gasteiger partial charge on any atom is 0.231 e. The van der Waals surface area contributed by atoms with Crippen molar-refractivity contribution >= 4 is 17.3 Å². The Morgan fingerprint density at radius 2 is 2.00 bits per heavy atom. The zero-order chi connectivity index (χ0) is 13.9. The highest BCUT2D eigenvalue weighted by atomic mass is 35.5. The van der Waals surface area contributed by atoms with Gasteiger partial charge in [-0.25, -0.2) is 0 Å². The zero-order valence-electron chi connectivity index (χ0n) is 10.5. The summed E-state index contributed by atoms with van der Waals surface area (Å²) in [5, 5.41) is 12.9. The molecule has 1 atom stereocenters. The molecule has 1 aliphatic rings. The highest BCUT2D eigenvalue weighted by Crippen LogP contribution is 2.41. The van der Waals surface area contributed by atoms with Gasteiger partial charge in [0, 0.05) is 5.69 Å². The summed E-state index contributed by atoms with van der Waals surface area (Å²) < 4.78 is 10.6. The molecule has 5 heteroatoms. The molecule has 0 aromatic heterocycles. The van der Waals surface area contributed by atoms with Gasteiger partial charge in [-0.05, 0) is 29.8 Å². The van der Waals surface area contributed by atoms with Gasteiger partial charge < -0.3 is 14.8 Å². The lowest BCUT2D eigenvalue weighted by molar-refractivity contribution is 0.174. The topological polar surface area (TPSA) is 54.3 Å². The van der Waals surface area contributed by atoms with Crippen molar-refractivity contribution in [1.29, 1.82) is 5.26 Å². The van der Waals surface area contributed by atoms with Gasteiger partial charge in [0.2, 0.25) is 6.79 Å². The van der Waals surface area contributed by atoms with E-state index in [4.69, 9.17) is 21.1 Å². The summed E-state index contributed by atoms with van der Waals surface area (Å²) in [5.74, 6) is 1.11. The number of nitrogens with one attached hydrogen (secondary N) is 1. The molecule has 0 fully saturated rings. The van der Waals surface area contributed by atoms with E-state index in [2.05, 4.69) is 11.4 Å². The number of hydrogen-bond acceptors (Lipinski definition) is 4. The first-order valence-corrected chi connectivity index (χ1v) is 6.46. The van der Waals surface area contributed by atoms with E-state index in [0.717, 1.165) is 11.3 Å². The standard InChI is InChI=1S/C15H11ClN2O2/c16-12-6-10(7-14-15(12)20-9-19-14)13(8-17)18-11-4-2-1-3-5-11/h1-7,13,18H,9H2. The number of ether oxygens (including phenoxy) is 2. The lowest BCUT2D eigenvalue weighted by Gasteiger charge is -2.14. The molecule has 1 heterocycles. The number of nitrogens with zero attached hydrogens (tertiary/aromatic N) is 1. The van der Waals surface area contributed by atoms with Gasteiger partial charge in [0.15, 0.2) is 11.5 Å². The Labute approximate surface area is 121 Å². The molecule has 0 saturated carbocycles. The van der Waals surface area contributed by atoms with Crippen LogP contribution in [-0.4, -0.2) is 6.79 Å². The smallest absolute Gasteiger partial charge is 0.231 e. The first-order chi connectivity index (χ1) is 9.78. The molecule has 0 saturated heterocycles. The molecule has 0 radical (unpaired) electrons. The molecule has 1 N–H and O–H groups in total. The maximum atomic E-state index is 9.35. The molecular formula is C15H11ClN2O2. The van der Waals surface area contributed by atoms with Gasteiger partial charge in [0.05, 0.1) is 11.1 Å². The van der Waals surface area contributed by atoms with Crippen LogP contribution in [0, 0.1) is 11.3 Å². The van der Waals surface area contributed by atoms with Gasteiger partial charge >= 0.3 is 0 Å². The van der Waals surface area contributed by atoms with E-state index >= 15 is 0 Å². The van der Waals surface area contributed by atoms with Crippen molar-refractivity contribution in [1.82, 2.24) is 0 Å². The summed E-state index contributed by atoms with van der Waals surface area (Å²) in [4.78, 5) is 0. The molecule has 0 bridgehead atoms. The summed E-state index contributed by atoms with van der Waals surface area (Å²) >= 11 is 6.14. The molecule has 4 nitrogen and oxygen atoms in total. The fourth-order valence-corrected chi connectivity index (χ4v) is 2.32. The minimum absolute atomic E-state index is 0.155. The van der Waals surface area contributed by atoms with Crippen LogP contribution in [0.3, 0.4) is 0 Å². The second-order valence-corrected chi connectivity index (χ2v) is 4.72. The Morgan fingerprint density at radius 3 is 2.75 bits per heavy atom. The number of hydrogen-bond donors (Lipinski definition) is 1.